The Kier molecular flexibility index (Phi) is 23.9. The van der Waals surface area contributed by atoms with Gasteiger partial charge in [0.25, 0.3) is 0 Å². The first-order chi connectivity index (χ1) is 11.0. The van der Waals surface area contributed by atoms with Crippen molar-refractivity contribution in [1.82, 2.24) is 0 Å². The molecule has 23 heavy (non-hydrogen) atoms. The van der Waals surface area contributed by atoms with Crippen LogP contribution in [-0.2, 0) is 9.53 Å². The summed E-state index contributed by atoms with van der Waals surface area (Å²) in [6.45, 7) is 9.51. The minimum atomic E-state index is -0.606. The zero-order chi connectivity index (χ0) is 17.9. The predicted molar refractivity (Wildman–Crippen MR) is 111 cm³/mol. The van der Waals surface area contributed by atoms with Gasteiger partial charge in [-0.15, -0.1) is 0 Å². The van der Waals surface area contributed by atoms with E-state index in [0.717, 1.165) is 18.8 Å². The van der Waals surface area contributed by atoms with Gasteiger partial charge < -0.3 is 4.74 Å². The molecule has 138 valence electrons. The van der Waals surface area contributed by atoms with E-state index < -0.39 is 4.58 Å². The second kappa shape index (κ2) is 21.0. The number of unbranched alkanes of at least 4 members (excludes halogenated alkanes) is 4. The third kappa shape index (κ3) is 25.3. The van der Waals surface area contributed by atoms with Crippen LogP contribution in [-0.4, -0.2) is 38.3 Å². The molecule has 0 aromatic carbocycles. The van der Waals surface area contributed by atoms with Crippen molar-refractivity contribution in [3.8, 4) is 0 Å². The molecule has 0 unspecified atom stereocenters. The molecule has 0 aromatic rings. The summed E-state index contributed by atoms with van der Waals surface area (Å²) in [6.07, 6.45) is 10.4. The van der Waals surface area contributed by atoms with E-state index in [1.165, 1.54) is 38.5 Å². The van der Waals surface area contributed by atoms with Crippen molar-refractivity contribution in [3.05, 3.63) is 0 Å². The number of rotatable bonds is 13. The fraction of sp³-hybridized carbons (Fsp3) is 0.944. The van der Waals surface area contributed by atoms with Gasteiger partial charge in [-0.25, -0.2) is 4.79 Å². The maximum atomic E-state index is 10.9. The van der Waals surface area contributed by atoms with Gasteiger partial charge in [-0.1, -0.05) is 33.1 Å². The Balaban J connectivity index is 0. The van der Waals surface area contributed by atoms with Crippen LogP contribution in [0.3, 0.4) is 0 Å². The zero-order valence-electron chi connectivity index (χ0n) is 15.6. The summed E-state index contributed by atoms with van der Waals surface area (Å²) in [5, 5.41) is 0. The van der Waals surface area contributed by atoms with Crippen LogP contribution >= 0.6 is 25.3 Å². The average Bonchev–Trinajstić information content (AvgIpc) is 2.50. The van der Waals surface area contributed by atoms with Gasteiger partial charge in [0.15, 0.2) is 0 Å². The first-order valence-electron chi connectivity index (χ1n) is 9.19. The van der Waals surface area contributed by atoms with Crippen LogP contribution < -0.4 is 0 Å². The summed E-state index contributed by atoms with van der Waals surface area (Å²) in [7, 11) is 0. The molecule has 5 heteroatoms. The molecule has 0 aliphatic carbocycles. The molecular weight excluding hydrogens is 431 g/mol. The summed E-state index contributed by atoms with van der Waals surface area (Å²) in [5.41, 5.74) is 0. The topological polar surface area (TPSA) is 26.3 Å². The van der Waals surface area contributed by atoms with Crippen molar-refractivity contribution in [2.24, 2.45) is 5.92 Å². The molecule has 0 atom stereocenters. The third-order valence-electron chi connectivity index (χ3n) is 3.30. The summed E-state index contributed by atoms with van der Waals surface area (Å²) in [4.78, 5) is 10.9. The summed E-state index contributed by atoms with van der Waals surface area (Å²) in [5.74, 6) is 0.414. The molecule has 0 aromatic heterocycles. The van der Waals surface area contributed by atoms with Crippen molar-refractivity contribution in [2.75, 3.05) is 6.61 Å². The normalized spacial score (nSPS) is 10.6. The van der Waals surface area contributed by atoms with E-state index in [1.54, 1.807) is 8.87 Å². The van der Waals surface area contributed by atoms with Crippen molar-refractivity contribution < 1.29 is 9.53 Å². The van der Waals surface area contributed by atoms with Crippen LogP contribution in [0.1, 0.15) is 79.1 Å². The molecule has 0 fully saturated rings. The van der Waals surface area contributed by atoms with Crippen molar-refractivity contribution in [3.63, 3.8) is 0 Å². The van der Waals surface area contributed by atoms with E-state index in [4.69, 9.17) is 4.74 Å². The predicted octanol–water partition coefficient (Wildman–Crippen LogP) is 6.06. The number of hydrogen-bond donors (Lipinski definition) is 2. The van der Waals surface area contributed by atoms with E-state index in [1.807, 2.05) is 0 Å². The first-order valence-corrected chi connectivity index (χ1v) is 14.3. The molecule has 2 radical (unpaired) electrons. The maximum absolute atomic E-state index is 10.9. The van der Waals surface area contributed by atoms with Crippen LogP contribution in [0.25, 0.3) is 0 Å². The molecule has 0 spiro atoms. The van der Waals surface area contributed by atoms with E-state index in [2.05, 4.69) is 53.0 Å². The molecule has 2 nitrogen and oxygen atoms in total. The van der Waals surface area contributed by atoms with E-state index in [-0.39, 0.29) is 27.1 Å². The first kappa shape index (κ1) is 26.2. The zero-order valence-corrected chi connectivity index (χ0v) is 20.3. The molecule has 0 bridgehead atoms. The molecule has 0 N–H and O–H groups in total. The fourth-order valence-corrected chi connectivity index (χ4v) is 6.12. The monoisotopic (exact) mass is 470 g/mol. The van der Waals surface area contributed by atoms with Crippen molar-refractivity contribution in [2.45, 2.75) is 92.5 Å². The van der Waals surface area contributed by atoms with Crippen LogP contribution in [0.5, 0.6) is 0 Å². The number of hydrogen-bond acceptors (Lipinski definition) is 4. The molecule has 0 aliphatic rings. The summed E-state index contributed by atoms with van der Waals surface area (Å²) in [6, 6.07) is 0. The fourth-order valence-electron chi connectivity index (χ4n) is 1.81. The van der Waals surface area contributed by atoms with E-state index in [0.29, 0.717) is 6.61 Å². The van der Waals surface area contributed by atoms with Gasteiger partial charge in [0.1, 0.15) is 4.58 Å². The SMILES string of the molecule is CC(C)CCCCCOC(=O)C(S)S.CCC[CH2][Sn][CH2]CCC. The van der Waals surface area contributed by atoms with Gasteiger partial charge in [0, 0.05) is 0 Å². The number of carbonyl (C=O) groups is 1. The van der Waals surface area contributed by atoms with Gasteiger partial charge in [-0.3, -0.25) is 0 Å². The molecule has 0 heterocycles. The van der Waals surface area contributed by atoms with Crippen molar-refractivity contribution in [1.29, 1.82) is 0 Å². The standard InChI is InChI=1S/C10H20O2S2.2C4H9.Sn/c1-8(2)6-4-3-5-7-12-9(11)10(13)14;2*1-3-4-2;/h8,10,13-14H,3-7H2,1-2H3;2*1,3-4H2,2H3;. The number of carbonyl (C=O) groups excluding carboxylic acids is 1. The molecule has 0 saturated heterocycles. The molecular formula is C18H38O2S2Sn. The summed E-state index contributed by atoms with van der Waals surface area (Å²) >= 11 is 7.86. The van der Waals surface area contributed by atoms with Crippen LogP contribution in [0, 0.1) is 5.92 Å². The second-order valence-corrected chi connectivity index (χ2v) is 12.0. The van der Waals surface area contributed by atoms with E-state index in [9.17, 15) is 4.79 Å². The number of esters is 1. The Bertz CT molecular complexity index is 243. The Hall–Kier alpha value is 0.969. The van der Waals surface area contributed by atoms with Crippen molar-refractivity contribution >= 4 is 52.4 Å². The Morgan fingerprint density at radius 3 is 1.96 bits per heavy atom. The van der Waals surface area contributed by atoms with Gasteiger partial charge in [-0.05, 0) is 12.3 Å². The Morgan fingerprint density at radius 1 is 0.957 bits per heavy atom. The van der Waals surface area contributed by atoms with Crippen LogP contribution in [0.15, 0.2) is 0 Å². The van der Waals surface area contributed by atoms with E-state index >= 15 is 0 Å². The Morgan fingerprint density at radius 2 is 1.52 bits per heavy atom. The molecule has 0 rings (SSSR count). The van der Waals surface area contributed by atoms with Crippen LogP contribution in [0.4, 0.5) is 0 Å². The quantitative estimate of drug-likeness (QED) is 0.113. The number of ether oxygens (including phenoxy) is 1. The molecule has 0 amide bonds. The number of thiol groups is 2. The Labute approximate surface area is 166 Å². The van der Waals surface area contributed by atoms with Gasteiger partial charge >= 0.3 is 75.5 Å². The van der Waals surface area contributed by atoms with Crippen LogP contribution in [0.2, 0.25) is 8.87 Å². The molecule has 0 saturated carbocycles. The molecule has 0 aliphatic heterocycles. The third-order valence-corrected chi connectivity index (χ3v) is 7.75. The van der Waals surface area contributed by atoms with Gasteiger partial charge in [-0.2, -0.15) is 25.3 Å². The van der Waals surface area contributed by atoms with Gasteiger partial charge in [0.2, 0.25) is 0 Å². The average molecular weight is 469 g/mol. The minimum absolute atomic E-state index is 0.149. The second-order valence-electron chi connectivity index (χ2n) is 6.24. The van der Waals surface area contributed by atoms with Gasteiger partial charge in [0.05, 0.1) is 6.61 Å². The summed E-state index contributed by atoms with van der Waals surface area (Å²) < 4.78 is 7.56.